The molecule has 0 aliphatic carbocycles. The summed E-state index contributed by atoms with van der Waals surface area (Å²) in [6, 6.07) is 3.63. The lowest BCUT2D eigenvalue weighted by molar-refractivity contribution is 0.0940. The second kappa shape index (κ2) is 7.53. The summed E-state index contributed by atoms with van der Waals surface area (Å²) in [5.41, 5.74) is 3.31. The van der Waals surface area contributed by atoms with Gasteiger partial charge in [0.2, 0.25) is 0 Å². The van der Waals surface area contributed by atoms with E-state index in [0.717, 1.165) is 21.8 Å². The van der Waals surface area contributed by atoms with Crippen molar-refractivity contribution in [2.45, 2.75) is 26.8 Å². The number of carbonyl (C=O) groups is 1. The Kier molecular flexibility index (Phi) is 5.66. The molecule has 0 saturated carbocycles. The number of nitrogens with zero attached hydrogens (tertiary/aromatic N) is 1. The van der Waals surface area contributed by atoms with Gasteiger partial charge in [-0.3, -0.25) is 4.79 Å². The van der Waals surface area contributed by atoms with Crippen LogP contribution in [0.4, 0.5) is 5.00 Å². The maximum atomic E-state index is 12.6. The van der Waals surface area contributed by atoms with E-state index in [2.05, 4.69) is 15.0 Å². The number of benzene rings is 1. The lowest BCUT2D eigenvalue weighted by Crippen LogP contribution is -2.28. The molecule has 7 heteroatoms. The van der Waals surface area contributed by atoms with Crippen LogP contribution in [0.25, 0.3) is 0 Å². The Balaban J connectivity index is 2.28. The molecule has 6 nitrogen and oxygen atoms in total. The molecule has 0 aliphatic rings. The number of nitrogens with one attached hydrogen (secondary N) is 2. The monoisotopic (exact) mass is 349 g/mol. The van der Waals surface area contributed by atoms with Gasteiger partial charge in [-0.2, -0.15) is 4.37 Å². The van der Waals surface area contributed by atoms with E-state index in [1.165, 1.54) is 11.5 Å². The zero-order chi connectivity index (χ0) is 17.9. The van der Waals surface area contributed by atoms with Gasteiger partial charge < -0.3 is 20.1 Å². The van der Waals surface area contributed by atoms with Crippen molar-refractivity contribution in [1.29, 1.82) is 0 Å². The summed E-state index contributed by atoms with van der Waals surface area (Å²) in [5, 5.41) is 6.81. The summed E-state index contributed by atoms with van der Waals surface area (Å²) in [6.45, 7) is 5.76. The van der Waals surface area contributed by atoms with Crippen molar-refractivity contribution in [2.75, 3.05) is 26.6 Å². The largest absolute Gasteiger partial charge is 0.493 e. The fourth-order valence-electron chi connectivity index (χ4n) is 2.62. The Hall–Kier alpha value is -2.28. The van der Waals surface area contributed by atoms with Gasteiger partial charge in [0.15, 0.2) is 11.5 Å². The predicted octanol–water partition coefficient (Wildman–Crippen LogP) is 3.31. The molecular formula is C17H23N3O3S. The molecule has 0 spiro atoms. The minimum atomic E-state index is -0.179. The number of ether oxygens (including phenoxy) is 2. The quantitative estimate of drug-likeness (QED) is 0.837. The first-order valence-electron chi connectivity index (χ1n) is 7.60. The first-order valence-corrected chi connectivity index (χ1v) is 8.37. The molecule has 1 atom stereocenters. The number of aromatic nitrogens is 1. The Morgan fingerprint density at radius 1 is 1.21 bits per heavy atom. The number of methoxy groups -OCH3 is 2. The Bertz CT molecular complexity index is 743. The van der Waals surface area contributed by atoms with Gasteiger partial charge in [-0.05, 0) is 55.6 Å². The molecule has 2 rings (SSSR count). The minimum absolute atomic E-state index is 0.146. The lowest BCUT2D eigenvalue weighted by Gasteiger charge is -2.19. The standard InChI is InChI=1S/C17H23N3O3S/c1-9-7-13(22-5)14(23-6)8-12(9)10(2)19-16(21)15-11(3)20-24-17(15)18-4/h7-8,10,18H,1-6H3,(H,19,21). The second-order valence-electron chi connectivity index (χ2n) is 5.48. The highest BCUT2D eigenvalue weighted by Crippen LogP contribution is 2.33. The molecule has 1 unspecified atom stereocenters. The number of carbonyl (C=O) groups excluding carboxylic acids is 1. The lowest BCUT2D eigenvalue weighted by atomic mass is 10.0. The number of anilines is 1. The summed E-state index contributed by atoms with van der Waals surface area (Å²) < 4.78 is 14.9. The highest BCUT2D eigenvalue weighted by molar-refractivity contribution is 7.10. The highest BCUT2D eigenvalue weighted by Gasteiger charge is 2.21. The average Bonchev–Trinajstić information content (AvgIpc) is 2.95. The second-order valence-corrected chi connectivity index (χ2v) is 6.25. The van der Waals surface area contributed by atoms with Crippen LogP contribution in [-0.4, -0.2) is 31.5 Å². The van der Waals surface area contributed by atoms with E-state index in [1.807, 2.05) is 32.9 Å². The first kappa shape index (κ1) is 18.1. The maximum Gasteiger partial charge on any atom is 0.256 e. The molecule has 0 saturated heterocycles. The van der Waals surface area contributed by atoms with E-state index >= 15 is 0 Å². The number of hydrogen-bond donors (Lipinski definition) is 2. The zero-order valence-corrected chi connectivity index (χ0v) is 15.6. The molecule has 0 bridgehead atoms. The van der Waals surface area contributed by atoms with Crippen LogP contribution in [-0.2, 0) is 0 Å². The number of rotatable bonds is 6. The fraction of sp³-hybridized carbons (Fsp3) is 0.412. The van der Waals surface area contributed by atoms with Crippen LogP contribution in [0, 0.1) is 13.8 Å². The van der Waals surface area contributed by atoms with Crippen molar-refractivity contribution in [2.24, 2.45) is 0 Å². The number of aryl methyl sites for hydroxylation is 2. The van der Waals surface area contributed by atoms with E-state index in [-0.39, 0.29) is 11.9 Å². The smallest absolute Gasteiger partial charge is 0.256 e. The van der Waals surface area contributed by atoms with E-state index in [1.54, 1.807) is 21.3 Å². The van der Waals surface area contributed by atoms with Crippen molar-refractivity contribution < 1.29 is 14.3 Å². The van der Waals surface area contributed by atoms with Gasteiger partial charge in [0.05, 0.1) is 31.5 Å². The van der Waals surface area contributed by atoms with Gasteiger partial charge >= 0.3 is 0 Å². The Morgan fingerprint density at radius 3 is 2.42 bits per heavy atom. The van der Waals surface area contributed by atoms with Crippen molar-refractivity contribution in [1.82, 2.24) is 9.69 Å². The molecular weight excluding hydrogens is 326 g/mol. The van der Waals surface area contributed by atoms with Gasteiger partial charge in [0.1, 0.15) is 5.00 Å². The third-order valence-corrected chi connectivity index (χ3v) is 4.86. The fourth-order valence-corrected chi connectivity index (χ4v) is 3.36. The van der Waals surface area contributed by atoms with Crippen molar-refractivity contribution in [3.63, 3.8) is 0 Å². The summed E-state index contributed by atoms with van der Waals surface area (Å²) >= 11 is 1.28. The van der Waals surface area contributed by atoms with Crippen LogP contribution in [0.5, 0.6) is 11.5 Å². The van der Waals surface area contributed by atoms with Crippen molar-refractivity contribution >= 4 is 22.4 Å². The molecule has 1 aromatic carbocycles. The SMILES string of the molecule is CNc1snc(C)c1C(=O)NC(C)c1cc(OC)c(OC)cc1C. The number of hydrogen-bond acceptors (Lipinski definition) is 6. The molecule has 2 N–H and O–H groups in total. The minimum Gasteiger partial charge on any atom is -0.493 e. The van der Waals surface area contributed by atoms with E-state index in [9.17, 15) is 4.79 Å². The van der Waals surface area contributed by atoms with Crippen LogP contribution in [0.2, 0.25) is 0 Å². The van der Waals surface area contributed by atoms with Gasteiger partial charge in [0.25, 0.3) is 5.91 Å². The molecule has 130 valence electrons. The van der Waals surface area contributed by atoms with E-state index in [0.29, 0.717) is 17.1 Å². The van der Waals surface area contributed by atoms with E-state index in [4.69, 9.17) is 9.47 Å². The van der Waals surface area contributed by atoms with Gasteiger partial charge in [-0.25, -0.2) is 0 Å². The van der Waals surface area contributed by atoms with Gasteiger partial charge in [0, 0.05) is 7.05 Å². The molecule has 0 aliphatic heterocycles. The van der Waals surface area contributed by atoms with Crippen molar-refractivity contribution in [3.05, 3.63) is 34.5 Å². The molecule has 24 heavy (non-hydrogen) atoms. The van der Waals surface area contributed by atoms with Crippen LogP contribution < -0.4 is 20.1 Å². The maximum absolute atomic E-state index is 12.6. The van der Waals surface area contributed by atoms with Crippen LogP contribution >= 0.6 is 11.5 Å². The average molecular weight is 349 g/mol. The topological polar surface area (TPSA) is 72.5 Å². The first-order chi connectivity index (χ1) is 11.4. The highest BCUT2D eigenvalue weighted by atomic mass is 32.1. The molecule has 1 heterocycles. The van der Waals surface area contributed by atoms with Crippen LogP contribution in [0.3, 0.4) is 0 Å². The van der Waals surface area contributed by atoms with Crippen molar-refractivity contribution in [3.8, 4) is 11.5 Å². The number of amides is 1. The Morgan fingerprint density at radius 2 is 1.83 bits per heavy atom. The summed E-state index contributed by atoms with van der Waals surface area (Å²) in [5.74, 6) is 1.17. The summed E-state index contributed by atoms with van der Waals surface area (Å²) in [7, 11) is 4.99. The molecule has 1 aromatic heterocycles. The molecule has 0 fully saturated rings. The van der Waals surface area contributed by atoms with Crippen LogP contribution in [0.15, 0.2) is 12.1 Å². The van der Waals surface area contributed by atoms with Gasteiger partial charge in [-0.15, -0.1) is 0 Å². The normalized spacial score (nSPS) is 11.8. The van der Waals surface area contributed by atoms with E-state index < -0.39 is 0 Å². The Labute approximate surface area is 146 Å². The third-order valence-electron chi connectivity index (χ3n) is 3.90. The zero-order valence-electron chi connectivity index (χ0n) is 14.8. The molecule has 0 radical (unpaired) electrons. The predicted molar refractivity (Wildman–Crippen MR) is 96.6 cm³/mol. The molecule has 2 aromatic rings. The van der Waals surface area contributed by atoms with Crippen LogP contribution in [0.1, 0.15) is 40.1 Å². The third kappa shape index (κ3) is 3.46. The summed E-state index contributed by atoms with van der Waals surface area (Å²) in [6.07, 6.45) is 0. The molecule has 1 amide bonds. The summed E-state index contributed by atoms with van der Waals surface area (Å²) in [4.78, 5) is 12.6. The van der Waals surface area contributed by atoms with Gasteiger partial charge in [-0.1, -0.05) is 0 Å².